The van der Waals surface area contributed by atoms with Gasteiger partial charge < -0.3 is 5.32 Å². The fraction of sp³-hybridized carbons (Fsp3) is 0.125. The number of hydrogen-bond acceptors (Lipinski definition) is 2. The zero-order valence-electron chi connectivity index (χ0n) is 11.6. The molecule has 3 nitrogen and oxygen atoms in total. The van der Waals surface area contributed by atoms with E-state index in [-0.39, 0.29) is 0 Å². The molecular weight excluding hydrogens is 266 g/mol. The van der Waals surface area contributed by atoms with Gasteiger partial charge in [0.25, 0.3) is 0 Å². The number of benzene rings is 2. The number of aryl methyl sites for hydroxylation is 2. The third kappa shape index (κ3) is 4.48. The van der Waals surface area contributed by atoms with E-state index in [0.29, 0.717) is 5.11 Å². The Morgan fingerprint density at radius 3 is 2.50 bits per heavy atom. The molecule has 102 valence electrons. The second-order valence-corrected chi connectivity index (χ2v) is 5.01. The summed E-state index contributed by atoms with van der Waals surface area (Å²) >= 11 is 5.18. The number of nitrogens with zero attached hydrogens (tertiary/aromatic N) is 1. The molecule has 0 fully saturated rings. The lowest BCUT2D eigenvalue weighted by Gasteiger charge is -2.07. The first-order valence-electron chi connectivity index (χ1n) is 6.37. The van der Waals surface area contributed by atoms with Crippen molar-refractivity contribution in [2.75, 3.05) is 5.32 Å². The fourth-order valence-electron chi connectivity index (χ4n) is 1.70. The molecule has 2 aromatic carbocycles. The molecule has 0 heterocycles. The molecule has 2 rings (SSSR count). The molecule has 0 spiro atoms. The Kier molecular flexibility index (Phi) is 4.85. The lowest BCUT2D eigenvalue weighted by atomic mass is 10.2. The van der Waals surface area contributed by atoms with E-state index >= 15 is 0 Å². The van der Waals surface area contributed by atoms with Gasteiger partial charge in [0.15, 0.2) is 5.11 Å². The van der Waals surface area contributed by atoms with Crippen molar-refractivity contribution in [2.45, 2.75) is 13.8 Å². The minimum atomic E-state index is 0.471. The van der Waals surface area contributed by atoms with Crippen LogP contribution < -0.4 is 10.7 Å². The highest BCUT2D eigenvalue weighted by Crippen LogP contribution is 2.09. The van der Waals surface area contributed by atoms with E-state index in [2.05, 4.69) is 22.8 Å². The molecule has 0 amide bonds. The molecule has 0 saturated heterocycles. The molecule has 2 N–H and O–H groups in total. The van der Waals surface area contributed by atoms with Crippen LogP contribution in [0.15, 0.2) is 53.6 Å². The van der Waals surface area contributed by atoms with E-state index in [0.717, 1.165) is 11.3 Å². The summed E-state index contributed by atoms with van der Waals surface area (Å²) in [7, 11) is 0. The van der Waals surface area contributed by atoms with Crippen molar-refractivity contribution < 1.29 is 0 Å². The van der Waals surface area contributed by atoms with Gasteiger partial charge in [-0.05, 0) is 49.3 Å². The molecule has 0 bridgehead atoms. The highest BCUT2D eigenvalue weighted by molar-refractivity contribution is 7.80. The molecule has 0 radical (unpaired) electrons. The van der Waals surface area contributed by atoms with Crippen LogP contribution in [0, 0.1) is 13.8 Å². The normalized spacial score (nSPS) is 10.5. The van der Waals surface area contributed by atoms with Crippen LogP contribution in [-0.4, -0.2) is 11.3 Å². The number of nitrogens with one attached hydrogen (secondary N) is 2. The molecule has 4 heteroatoms. The summed E-state index contributed by atoms with van der Waals surface area (Å²) < 4.78 is 0. The molecular formula is C16H17N3S. The van der Waals surface area contributed by atoms with E-state index in [1.54, 1.807) is 6.21 Å². The highest BCUT2D eigenvalue weighted by Gasteiger charge is 1.95. The lowest BCUT2D eigenvalue weighted by Crippen LogP contribution is -2.23. The molecule has 0 aromatic heterocycles. The molecule has 0 aliphatic heterocycles. The van der Waals surface area contributed by atoms with Crippen LogP contribution in [0.25, 0.3) is 0 Å². The summed E-state index contributed by atoms with van der Waals surface area (Å²) in [5.74, 6) is 0. The summed E-state index contributed by atoms with van der Waals surface area (Å²) in [6, 6.07) is 16.1. The van der Waals surface area contributed by atoms with Crippen molar-refractivity contribution >= 4 is 29.2 Å². The number of hydrogen-bond donors (Lipinski definition) is 2. The topological polar surface area (TPSA) is 36.4 Å². The maximum atomic E-state index is 5.18. The van der Waals surface area contributed by atoms with Gasteiger partial charge in [0.1, 0.15) is 0 Å². The van der Waals surface area contributed by atoms with Gasteiger partial charge in [0.05, 0.1) is 6.21 Å². The second-order valence-electron chi connectivity index (χ2n) is 4.60. The van der Waals surface area contributed by atoms with Crippen LogP contribution in [-0.2, 0) is 0 Å². The Hall–Kier alpha value is -2.20. The number of anilines is 1. The maximum Gasteiger partial charge on any atom is 0.191 e. The molecule has 0 unspecified atom stereocenters. The van der Waals surface area contributed by atoms with Crippen LogP contribution >= 0.6 is 12.2 Å². The Labute approximate surface area is 124 Å². The second kappa shape index (κ2) is 6.82. The molecule has 2 aromatic rings. The van der Waals surface area contributed by atoms with Crippen molar-refractivity contribution in [1.82, 2.24) is 5.43 Å². The summed E-state index contributed by atoms with van der Waals surface area (Å²) in [6.45, 7) is 4.09. The lowest BCUT2D eigenvalue weighted by molar-refractivity contribution is 1.05. The predicted octanol–water partition coefficient (Wildman–Crippen LogP) is 3.62. The Balaban J connectivity index is 1.87. The average Bonchev–Trinajstić information content (AvgIpc) is 2.41. The van der Waals surface area contributed by atoms with Gasteiger partial charge in [-0.25, -0.2) is 0 Å². The minimum Gasteiger partial charge on any atom is -0.331 e. The smallest absolute Gasteiger partial charge is 0.191 e. The van der Waals surface area contributed by atoms with Gasteiger partial charge >= 0.3 is 0 Å². The molecule has 20 heavy (non-hydrogen) atoms. The maximum absolute atomic E-state index is 5.18. The fourth-order valence-corrected chi connectivity index (χ4v) is 1.87. The first-order valence-corrected chi connectivity index (χ1v) is 6.78. The summed E-state index contributed by atoms with van der Waals surface area (Å²) in [6.07, 6.45) is 1.74. The van der Waals surface area contributed by atoms with Crippen LogP contribution in [0.3, 0.4) is 0 Å². The molecule has 0 aliphatic rings. The molecule has 0 atom stereocenters. The Morgan fingerprint density at radius 1 is 1.05 bits per heavy atom. The van der Waals surface area contributed by atoms with Crippen LogP contribution in [0.1, 0.15) is 16.7 Å². The first-order chi connectivity index (χ1) is 9.63. The first kappa shape index (κ1) is 14.2. The van der Waals surface area contributed by atoms with Gasteiger partial charge in [-0.3, -0.25) is 5.43 Å². The van der Waals surface area contributed by atoms with Gasteiger partial charge in [-0.1, -0.05) is 42.0 Å². The van der Waals surface area contributed by atoms with Crippen molar-refractivity contribution in [3.63, 3.8) is 0 Å². The van der Waals surface area contributed by atoms with Crippen molar-refractivity contribution in [3.8, 4) is 0 Å². The number of hydrazone groups is 1. The van der Waals surface area contributed by atoms with E-state index in [9.17, 15) is 0 Å². The SMILES string of the molecule is Cc1ccc(C=NNC(=S)Nc2cccc(C)c2)cc1. The predicted molar refractivity (Wildman–Crippen MR) is 89.3 cm³/mol. The van der Waals surface area contributed by atoms with Gasteiger partial charge in [0, 0.05) is 5.69 Å². The van der Waals surface area contributed by atoms with Gasteiger partial charge in [-0.15, -0.1) is 0 Å². The van der Waals surface area contributed by atoms with Crippen molar-refractivity contribution in [3.05, 3.63) is 65.2 Å². The largest absolute Gasteiger partial charge is 0.331 e. The number of rotatable bonds is 3. The summed E-state index contributed by atoms with van der Waals surface area (Å²) in [5.41, 5.74) is 7.19. The summed E-state index contributed by atoms with van der Waals surface area (Å²) in [5, 5.41) is 7.67. The Bertz CT molecular complexity index is 618. The monoisotopic (exact) mass is 283 g/mol. The zero-order valence-corrected chi connectivity index (χ0v) is 12.4. The van der Waals surface area contributed by atoms with E-state index < -0.39 is 0 Å². The molecule has 0 aliphatic carbocycles. The third-order valence-corrected chi connectivity index (χ3v) is 2.93. The quantitative estimate of drug-likeness (QED) is 0.513. The third-order valence-electron chi connectivity index (χ3n) is 2.73. The van der Waals surface area contributed by atoms with Crippen LogP contribution in [0.5, 0.6) is 0 Å². The standard InChI is InChI=1S/C16H17N3S/c1-12-6-8-14(9-7-12)11-17-19-16(20)18-15-5-3-4-13(2)10-15/h3-11H,1-2H3,(H2,18,19,20). The number of thiocarbonyl (C=S) groups is 1. The van der Waals surface area contributed by atoms with E-state index in [1.807, 2.05) is 55.5 Å². The van der Waals surface area contributed by atoms with E-state index in [4.69, 9.17) is 12.2 Å². The van der Waals surface area contributed by atoms with Crippen LogP contribution in [0.4, 0.5) is 5.69 Å². The zero-order chi connectivity index (χ0) is 14.4. The molecule has 0 saturated carbocycles. The summed E-state index contributed by atoms with van der Waals surface area (Å²) in [4.78, 5) is 0. The highest BCUT2D eigenvalue weighted by atomic mass is 32.1. The minimum absolute atomic E-state index is 0.471. The van der Waals surface area contributed by atoms with Gasteiger partial charge in [-0.2, -0.15) is 5.10 Å². The van der Waals surface area contributed by atoms with Crippen molar-refractivity contribution in [2.24, 2.45) is 5.10 Å². The average molecular weight is 283 g/mol. The van der Waals surface area contributed by atoms with Crippen molar-refractivity contribution in [1.29, 1.82) is 0 Å². The van der Waals surface area contributed by atoms with Crippen LogP contribution in [0.2, 0.25) is 0 Å². The Morgan fingerprint density at radius 2 is 1.80 bits per heavy atom. The van der Waals surface area contributed by atoms with Gasteiger partial charge in [0.2, 0.25) is 0 Å². The van der Waals surface area contributed by atoms with E-state index in [1.165, 1.54) is 11.1 Å².